The zero-order valence-electron chi connectivity index (χ0n) is 10.8. The predicted molar refractivity (Wildman–Crippen MR) is 73.8 cm³/mol. The number of H-pyrrole nitrogens is 1. The second kappa shape index (κ2) is 4.69. The Hall–Kier alpha value is -1.42. The first-order valence-corrected chi connectivity index (χ1v) is 6.32. The molecule has 0 amide bonds. The topological polar surface area (TPSA) is 20.7 Å². The van der Waals surface area contributed by atoms with Gasteiger partial charge in [0.15, 0.2) is 0 Å². The Labute approximate surface area is 111 Å². The average molecular weight is 264 g/mol. The highest BCUT2D eigenvalue weighted by molar-refractivity contribution is 7.71. The van der Waals surface area contributed by atoms with Crippen LogP contribution < -0.4 is 0 Å². The molecule has 1 heterocycles. The standard InChI is InChI=1S/C14H17FN2S/c1-14(2,3)12-8-13(18)17(16-12)9-10-4-6-11(15)7-5-10/h4-8,16H,9H2,1-3H3. The molecule has 0 fully saturated rings. The van der Waals surface area contributed by atoms with Crippen LogP contribution in [0.25, 0.3) is 0 Å². The van der Waals surface area contributed by atoms with E-state index in [1.54, 1.807) is 12.1 Å². The van der Waals surface area contributed by atoms with Crippen molar-refractivity contribution in [3.63, 3.8) is 0 Å². The summed E-state index contributed by atoms with van der Waals surface area (Å²) in [7, 11) is 0. The average Bonchev–Trinajstić information content (AvgIpc) is 2.63. The van der Waals surface area contributed by atoms with Crippen LogP contribution in [0.4, 0.5) is 4.39 Å². The van der Waals surface area contributed by atoms with E-state index >= 15 is 0 Å². The molecule has 0 saturated carbocycles. The highest BCUT2D eigenvalue weighted by Gasteiger charge is 2.16. The third-order valence-corrected chi connectivity index (χ3v) is 3.19. The number of aromatic nitrogens is 2. The van der Waals surface area contributed by atoms with Crippen LogP contribution in [0.5, 0.6) is 0 Å². The molecule has 2 aromatic rings. The summed E-state index contributed by atoms with van der Waals surface area (Å²) >= 11 is 5.32. The van der Waals surface area contributed by atoms with Gasteiger partial charge in [0.1, 0.15) is 10.5 Å². The third kappa shape index (κ3) is 2.88. The van der Waals surface area contributed by atoms with Gasteiger partial charge in [-0.25, -0.2) is 4.39 Å². The summed E-state index contributed by atoms with van der Waals surface area (Å²) in [6.07, 6.45) is 0. The van der Waals surface area contributed by atoms with Gasteiger partial charge in [0, 0.05) is 11.1 Å². The first kappa shape index (κ1) is 13.0. The normalized spacial score (nSPS) is 11.8. The molecule has 96 valence electrons. The molecule has 0 unspecified atom stereocenters. The Morgan fingerprint density at radius 2 is 1.83 bits per heavy atom. The summed E-state index contributed by atoms with van der Waals surface area (Å²) in [6.45, 7) is 7.04. The molecule has 0 aliphatic heterocycles. The van der Waals surface area contributed by atoms with Crippen molar-refractivity contribution in [1.29, 1.82) is 0 Å². The molecule has 18 heavy (non-hydrogen) atoms. The Morgan fingerprint density at radius 1 is 1.22 bits per heavy atom. The molecule has 0 atom stereocenters. The molecule has 0 spiro atoms. The number of hydrogen-bond acceptors (Lipinski definition) is 1. The van der Waals surface area contributed by atoms with Crippen LogP contribution in [-0.2, 0) is 12.0 Å². The molecule has 0 aliphatic rings. The molecule has 0 aliphatic carbocycles. The van der Waals surface area contributed by atoms with Crippen LogP contribution in [0.2, 0.25) is 0 Å². The van der Waals surface area contributed by atoms with Crippen molar-refractivity contribution in [2.45, 2.75) is 32.7 Å². The van der Waals surface area contributed by atoms with Gasteiger partial charge in [-0.05, 0) is 23.8 Å². The van der Waals surface area contributed by atoms with Crippen molar-refractivity contribution in [1.82, 2.24) is 9.78 Å². The van der Waals surface area contributed by atoms with Gasteiger partial charge in [0.05, 0.1) is 6.54 Å². The van der Waals surface area contributed by atoms with E-state index in [2.05, 4.69) is 25.9 Å². The lowest BCUT2D eigenvalue weighted by molar-refractivity contribution is 0.544. The monoisotopic (exact) mass is 264 g/mol. The molecule has 0 bridgehead atoms. The summed E-state index contributed by atoms with van der Waals surface area (Å²) in [5.74, 6) is -0.218. The molecule has 1 N–H and O–H groups in total. The van der Waals surface area contributed by atoms with Gasteiger partial charge >= 0.3 is 0 Å². The van der Waals surface area contributed by atoms with Crippen molar-refractivity contribution < 1.29 is 4.39 Å². The van der Waals surface area contributed by atoms with Gasteiger partial charge in [-0.1, -0.05) is 45.1 Å². The molecular formula is C14H17FN2S. The minimum atomic E-state index is -0.218. The second-order valence-electron chi connectivity index (χ2n) is 5.47. The fourth-order valence-electron chi connectivity index (χ4n) is 1.71. The fourth-order valence-corrected chi connectivity index (χ4v) is 1.94. The minimum absolute atomic E-state index is 0.0433. The van der Waals surface area contributed by atoms with E-state index in [1.807, 2.05) is 10.7 Å². The van der Waals surface area contributed by atoms with Crippen LogP contribution in [0, 0.1) is 10.5 Å². The maximum absolute atomic E-state index is 12.8. The SMILES string of the molecule is CC(C)(C)c1cc(=S)n(Cc2ccc(F)cc2)[nH]1. The van der Waals surface area contributed by atoms with Gasteiger partial charge in [-0.2, -0.15) is 0 Å². The Balaban J connectivity index is 2.27. The molecular weight excluding hydrogens is 247 g/mol. The first-order valence-electron chi connectivity index (χ1n) is 5.91. The number of halogens is 1. The van der Waals surface area contributed by atoms with Gasteiger partial charge in [0.25, 0.3) is 0 Å². The van der Waals surface area contributed by atoms with Crippen LogP contribution in [0.15, 0.2) is 30.3 Å². The maximum atomic E-state index is 12.8. The summed E-state index contributed by atoms with van der Waals surface area (Å²) in [6, 6.07) is 8.46. The second-order valence-corrected chi connectivity index (χ2v) is 5.89. The minimum Gasteiger partial charge on any atom is -0.301 e. The summed E-state index contributed by atoms with van der Waals surface area (Å²) in [5, 5.41) is 3.30. The lowest BCUT2D eigenvalue weighted by atomic mass is 9.93. The lowest BCUT2D eigenvalue weighted by Gasteiger charge is -2.15. The number of nitrogens with one attached hydrogen (secondary N) is 1. The Bertz CT molecular complexity index is 587. The fraction of sp³-hybridized carbons (Fsp3) is 0.357. The Kier molecular flexibility index (Phi) is 3.39. The quantitative estimate of drug-likeness (QED) is 0.812. The van der Waals surface area contributed by atoms with Crippen molar-refractivity contribution >= 4 is 12.2 Å². The van der Waals surface area contributed by atoms with Crippen LogP contribution in [0.1, 0.15) is 32.0 Å². The van der Waals surface area contributed by atoms with E-state index in [0.29, 0.717) is 6.54 Å². The molecule has 4 heteroatoms. The third-order valence-electron chi connectivity index (χ3n) is 2.85. The molecule has 2 rings (SSSR count). The molecule has 0 radical (unpaired) electrons. The van der Waals surface area contributed by atoms with E-state index in [9.17, 15) is 4.39 Å². The van der Waals surface area contributed by atoms with Crippen LogP contribution >= 0.6 is 12.2 Å². The van der Waals surface area contributed by atoms with Crippen LogP contribution in [-0.4, -0.2) is 9.78 Å². The molecule has 2 nitrogen and oxygen atoms in total. The van der Waals surface area contributed by atoms with Crippen molar-refractivity contribution in [2.24, 2.45) is 0 Å². The van der Waals surface area contributed by atoms with Crippen molar-refractivity contribution in [3.05, 3.63) is 52.0 Å². The molecule has 0 saturated heterocycles. The van der Waals surface area contributed by atoms with E-state index < -0.39 is 0 Å². The number of hydrogen-bond donors (Lipinski definition) is 1. The number of nitrogens with zero attached hydrogens (tertiary/aromatic N) is 1. The zero-order chi connectivity index (χ0) is 13.3. The maximum Gasteiger partial charge on any atom is 0.123 e. The van der Waals surface area contributed by atoms with Gasteiger partial charge < -0.3 is 5.10 Å². The van der Waals surface area contributed by atoms with Gasteiger partial charge in [-0.15, -0.1) is 0 Å². The number of aromatic amines is 1. The molecule has 1 aromatic carbocycles. The lowest BCUT2D eigenvalue weighted by Crippen LogP contribution is -2.13. The predicted octanol–water partition coefficient (Wildman–Crippen LogP) is 4.03. The van der Waals surface area contributed by atoms with Gasteiger partial charge in [-0.3, -0.25) is 4.68 Å². The summed E-state index contributed by atoms with van der Waals surface area (Å²) < 4.78 is 15.5. The van der Waals surface area contributed by atoms with Crippen molar-refractivity contribution in [3.8, 4) is 0 Å². The molecule has 1 aromatic heterocycles. The van der Waals surface area contributed by atoms with Gasteiger partial charge in [0.2, 0.25) is 0 Å². The first-order chi connectivity index (χ1) is 8.36. The van der Waals surface area contributed by atoms with Crippen molar-refractivity contribution in [2.75, 3.05) is 0 Å². The summed E-state index contributed by atoms with van der Waals surface area (Å²) in [4.78, 5) is 0. The van der Waals surface area contributed by atoms with E-state index in [0.717, 1.165) is 15.9 Å². The number of benzene rings is 1. The number of rotatable bonds is 2. The highest BCUT2D eigenvalue weighted by atomic mass is 32.1. The van der Waals surface area contributed by atoms with E-state index in [1.165, 1.54) is 12.1 Å². The van der Waals surface area contributed by atoms with E-state index in [4.69, 9.17) is 12.2 Å². The smallest absolute Gasteiger partial charge is 0.123 e. The summed E-state index contributed by atoms with van der Waals surface area (Å²) in [5.41, 5.74) is 2.17. The zero-order valence-corrected chi connectivity index (χ0v) is 11.6. The Morgan fingerprint density at radius 3 is 2.33 bits per heavy atom. The largest absolute Gasteiger partial charge is 0.301 e. The van der Waals surface area contributed by atoms with Crippen LogP contribution in [0.3, 0.4) is 0 Å². The highest BCUT2D eigenvalue weighted by Crippen LogP contribution is 2.20. The van der Waals surface area contributed by atoms with E-state index in [-0.39, 0.29) is 11.2 Å².